The number of nitrogens with one attached hydrogen (secondary N) is 3. The number of fused-ring (bicyclic) bond motifs is 2. The number of aromatic nitrogens is 5. The van der Waals surface area contributed by atoms with Crippen molar-refractivity contribution in [3.63, 3.8) is 0 Å². The molecule has 9 heteroatoms. The fraction of sp³-hybridized carbons (Fsp3) is 0.259. The van der Waals surface area contributed by atoms with Gasteiger partial charge in [0, 0.05) is 48.6 Å². The summed E-state index contributed by atoms with van der Waals surface area (Å²) in [5.74, 6) is 0.434. The molecule has 0 spiro atoms. The third kappa shape index (κ3) is 4.07. The monoisotopic (exact) mass is 480 g/mol. The van der Waals surface area contributed by atoms with Gasteiger partial charge in [-0.2, -0.15) is 15.5 Å². The predicted molar refractivity (Wildman–Crippen MR) is 141 cm³/mol. The van der Waals surface area contributed by atoms with E-state index in [1.165, 1.54) is 0 Å². The Labute approximate surface area is 209 Å². The minimum atomic E-state index is -0.420. The molecule has 0 saturated heterocycles. The summed E-state index contributed by atoms with van der Waals surface area (Å²) in [6.45, 7) is 5.96. The van der Waals surface area contributed by atoms with Gasteiger partial charge in [-0.05, 0) is 56.2 Å². The summed E-state index contributed by atoms with van der Waals surface area (Å²) in [5, 5.41) is 26.0. The number of hydrogen-bond donors (Lipinski definition) is 3. The van der Waals surface area contributed by atoms with Gasteiger partial charge in [0.2, 0.25) is 0 Å². The fourth-order valence-corrected chi connectivity index (χ4v) is 4.71. The average Bonchev–Trinajstić information content (AvgIpc) is 3.53. The highest BCUT2D eigenvalue weighted by atomic mass is 16.1. The van der Waals surface area contributed by atoms with Crippen molar-refractivity contribution in [2.24, 2.45) is 14.1 Å². The first-order valence-electron chi connectivity index (χ1n) is 11.8. The van der Waals surface area contributed by atoms with E-state index < -0.39 is 5.91 Å². The molecule has 5 rings (SSSR count). The summed E-state index contributed by atoms with van der Waals surface area (Å²) in [6.07, 6.45) is 9.31. The molecule has 4 aromatic rings. The van der Waals surface area contributed by atoms with E-state index in [1.807, 2.05) is 63.2 Å². The number of anilines is 1. The van der Waals surface area contributed by atoms with Crippen LogP contribution in [0.25, 0.3) is 28.6 Å². The largest absolute Gasteiger partial charge is 0.365 e. The summed E-state index contributed by atoms with van der Waals surface area (Å²) >= 11 is 0. The first-order chi connectivity index (χ1) is 17.2. The standard InChI is InChI=1S/C27H28N8O/c1-15(18-6-7-25-23(9-18)17(3)33-35(25)5)32-27(36)19(11-28)8-20-12-29-26-24(20)10-22(16(2)31-26)21-13-30-34(4)14-21/h6-10,12-16,29,31H,1-5H3,(H,32,36)/b19-8+/t15-,16?/m1/s1. The number of carbonyl (C=O) groups excluding carboxylic acids is 1. The van der Waals surface area contributed by atoms with Crippen molar-refractivity contribution < 1.29 is 4.79 Å². The zero-order valence-corrected chi connectivity index (χ0v) is 20.9. The van der Waals surface area contributed by atoms with Gasteiger partial charge in [-0.25, -0.2) is 0 Å². The van der Waals surface area contributed by atoms with Crippen LogP contribution in [0.1, 0.15) is 47.8 Å². The molecule has 4 heterocycles. The Hall–Kier alpha value is -4.58. The van der Waals surface area contributed by atoms with Gasteiger partial charge in [-0.3, -0.25) is 14.2 Å². The highest BCUT2D eigenvalue weighted by Gasteiger charge is 2.23. The minimum Gasteiger partial charge on any atom is -0.365 e. The van der Waals surface area contributed by atoms with Gasteiger partial charge in [0.1, 0.15) is 17.5 Å². The van der Waals surface area contributed by atoms with E-state index in [-0.39, 0.29) is 17.7 Å². The van der Waals surface area contributed by atoms with Crippen molar-refractivity contribution in [1.29, 1.82) is 5.26 Å². The average molecular weight is 481 g/mol. The van der Waals surface area contributed by atoms with Gasteiger partial charge in [0.15, 0.2) is 0 Å². The number of aryl methyl sites for hydroxylation is 3. The van der Waals surface area contributed by atoms with Crippen LogP contribution in [0.2, 0.25) is 0 Å². The molecule has 1 aromatic carbocycles. The van der Waals surface area contributed by atoms with Crippen molar-refractivity contribution in [3.05, 3.63) is 70.3 Å². The zero-order chi connectivity index (χ0) is 25.6. The number of nitriles is 1. The normalized spacial score (nSPS) is 16.2. The Morgan fingerprint density at radius 2 is 2.14 bits per heavy atom. The maximum Gasteiger partial charge on any atom is 0.262 e. The number of carbonyl (C=O) groups is 1. The quantitative estimate of drug-likeness (QED) is 0.294. The Morgan fingerprint density at radius 3 is 2.86 bits per heavy atom. The molecule has 3 N–H and O–H groups in total. The molecule has 1 amide bonds. The van der Waals surface area contributed by atoms with E-state index in [2.05, 4.69) is 44.9 Å². The number of benzene rings is 1. The predicted octanol–water partition coefficient (Wildman–Crippen LogP) is 4.08. The maximum absolute atomic E-state index is 13.1. The molecule has 1 aliphatic rings. The van der Waals surface area contributed by atoms with Gasteiger partial charge in [0.05, 0.1) is 29.5 Å². The van der Waals surface area contributed by atoms with Crippen LogP contribution < -0.4 is 10.6 Å². The highest BCUT2D eigenvalue weighted by Crippen LogP contribution is 2.34. The fourth-order valence-electron chi connectivity index (χ4n) is 4.71. The van der Waals surface area contributed by atoms with Gasteiger partial charge in [-0.1, -0.05) is 6.07 Å². The maximum atomic E-state index is 13.1. The van der Waals surface area contributed by atoms with E-state index in [1.54, 1.807) is 17.0 Å². The SMILES string of the molecule is Cc1nn(C)c2ccc([C@@H](C)NC(=O)/C(C#N)=C/c3c[nH]c4c3C=C(c3cnn(C)c3)C(C)N4)cc12. The van der Waals surface area contributed by atoms with Crippen molar-refractivity contribution in [3.8, 4) is 6.07 Å². The molecule has 182 valence electrons. The second kappa shape index (κ2) is 8.89. The van der Waals surface area contributed by atoms with Gasteiger partial charge in [-0.15, -0.1) is 0 Å². The van der Waals surface area contributed by atoms with E-state index in [0.717, 1.165) is 50.2 Å². The Morgan fingerprint density at radius 1 is 1.33 bits per heavy atom. The molecule has 0 saturated carbocycles. The molecule has 9 nitrogen and oxygen atoms in total. The number of rotatable bonds is 5. The third-order valence-electron chi connectivity index (χ3n) is 6.69. The Bertz CT molecular complexity index is 1590. The van der Waals surface area contributed by atoms with E-state index in [4.69, 9.17) is 0 Å². The lowest BCUT2D eigenvalue weighted by Gasteiger charge is -2.23. The first kappa shape index (κ1) is 23.2. The summed E-state index contributed by atoms with van der Waals surface area (Å²) in [4.78, 5) is 16.3. The molecule has 0 radical (unpaired) electrons. The molecule has 1 unspecified atom stereocenters. The minimum absolute atomic E-state index is 0.0391. The third-order valence-corrected chi connectivity index (χ3v) is 6.69. The van der Waals surface area contributed by atoms with Gasteiger partial charge < -0.3 is 15.6 Å². The van der Waals surface area contributed by atoms with Crippen LogP contribution in [0.4, 0.5) is 5.82 Å². The lowest BCUT2D eigenvalue weighted by molar-refractivity contribution is -0.117. The van der Waals surface area contributed by atoms with Gasteiger partial charge in [0.25, 0.3) is 5.91 Å². The molecule has 3 aromatic heterocycles. The number of hydrogen-bond acceptors (Lipinski definition) is 5. The van der Waals surface area contributed by atoms with Crippen LogP contribution >= 0.6 is 0 Å². The number of nitrogens with zero attached hydrogens (tertiary/aromatic N) is 5. The second-order valence-electron chi connectivity index (χ2n) is 9.25. The Kier molecular flexibility index (Phi) is 5.72. The van der Waals surface area contributed by atoms with E-state index in [0.29, 0.717) is 0 Å². The first-order valence-corrected chi connectivity index (χ1v) is 11.8. The smallest absolute Gasteiger partial charge is 0.262 e. The van der Waals surface area contributed by atoms with Crippen molar-refractivity contribution in [2.45, 2.75) is 32.9 Å². The van der Waals surface area contributed by atoms with Crippen molar-refractivity contribution in [1.82, 2.24) is 29.9 Å². The summed E-state index contributed by atoms with van der Waals surface area (Å²) < 4.78 is 3.61. The van der Waals surface area contributed by atoms with Crippen LogP contribution in [-0.4, -0.2) is 36.5 Å². The Balaban J connectivity index is 1.40. The molecule has 0 bridgehead atoms. The van der Waals surface area contributed by atoms with Crippen LogP contribution in [0.3, 0.4) is 0 Å². The number of amides is 1. The van der Waals surface area contributed by atoms with Gasteiger partial charge >= 0.3 is 0 Å². The molecule has 36 heavy (non-hydrogen) atoms. The topological polar surface area (TPSA) is 116 Å². The summed E-state index contributed by atoms with van der Waals surface area (Å²) in [7, 11) is 3.80. The summed E-state index contributed by atoms with van der Waals surface area (Å²) in [6, 6.07) is 7.89. The number of H-pyrrole nitrogens is 1. The molecule has 1 aliphatic heterocycles. The van der Waals surface area contributed by atoms with Crippen LogP contribution in [-0.2, 0) is 18.9 Å². The van der Waals surface area contributed by atoms with Crippen LogP contribution in [0.15, 0.2) is 42.4 Å². The number of aromatic amines is 1. The van der Waals surface area contributed by atoms with Crippen LogP contribution in [0.5, 0.6) is 0 Å². The highest BCUT2D eigenvalue weighted by molar-refractivity contribution is 6.03. The molecular formula is C27H28N8O. The zero-order valence-electron chi connectivity index (χ0n) is 20.9. The van der Waals surface area contributed by atoms with Crippen LogP contribution in [0, 0.1) is 18.3 Å². The molecule has 2 atom stereocenters. The molecule has 0 fully saturated rings. The summed E-state index contributed by atoms with van der Waals surface area (Å²) in [5.41, 5.74) is 6.73. The molecular weight excluding hydrogens is 452 g/mol. The van der Waals surface area contributed by atoms with E-state index in [9.17, 15) is 10.1 Å². The second-order valence-corrected chi connectivity index (χ2v) is 9.25. The lowest BCUT2D eigenvalue weighted by atomic mass is 9.95. The van der Waals surface area contributed by atoms with Crippen molar-refractivity contribution >= 4 is 40.4 Å². The van der Waals surface area contributed by atoms with Crippen molar-refractivity contribution in [2.75, 3.05) is 5.32 Å². The lowest BCUT2D eigenvalue weighted by Crippen LogP contribution is -2.27. The van der Waals surface area contributed by atoms with E-state index >= 15 is 0 Å². The molecule has 0 aliphatic carbocycles.